The Morgan fingerprint density at radius 1 is 0.477 bits per heavy atom. The van der Waals surface area contributed by atoms with Crippen LogP contribution in [0, 0.1) is 0 Å². The number of carbonyl (C=O) groups excluding carboxylic acids is 7. The van der Waals surface area contributed by atoms with Gasteiger partial charge in [-0.05, 0) is 0 Å². The molecule has 18 nitrogen and oxygen atoms in total. The highest BCUT2D eigenvalue weighted by molar-refractivity contribution is 5.69. The van der Waals surface area contributed by atoms with Gasteiger partial charge in [0.1, 0.15) is 31.5 Å². The lowest BCUT2D eigenvalue weighted by atomic mass is 9.96. The second-order valence-electron chi connectivity index (χ2n) is 9.68. The van der Waals surface area contributed by atoms with Crippen molar-refractivity contribution in [1.82, 2.24) is 0 Å². The van der Waals surface area contributed by atoms with E-state index in [1.165, 1.54) is 0 Å². The summed E-state index contributed by atoms with van der Waals surface area (Å²) in [5, 5.41) is 10.6. The van der Waals surface area contributed by atoms with Crippen molar-refractivity contribution in [1.29, 1.82) is 0 Å². The Balaban J connectivity index is 2.66. The Hall–Kier alpha value is -3.87. The molecule has 18 heteroatoms. The van der Waals surface area contributed by atoms with Gasteiger partial charge in [-0.3, -0.25) is 33.6 Å². The smallest absolute Gasteiger partial charge is 0.303 e. The zero-order valence-electron chi connectivity index (χ0n) is 25.1. The van der Waals surface area contributed by atoms with Gasteiger partial charge in [-0.2, -0.15) is 0 Å². The molecule has 2 aliphatic heterocycles. The number of aliphatic hydroxyl groups excluding tert-OH is 1. The van der Waals surface area contributed by atoms with E-state index in [2.05, 4.69) is 0 Å². The molecule has 10 atom stereocenters. The third kappa shape index (κ3) is 10.7. The zero-order chi connectivity index (χ0) is 33.3. The van der Waals surface area contributed by atoms with Crippen LogP contribution in [0.15, 0.2) is 0 Å². The number of rotatable bonds is 11. The lowest BCUT2D eigenvalue weighted by Gasteiger charge is -2.48. The van der Waals surface area contributed by atoms with Crippen LogP contribution >= 0.6 is 0 Å². The summed E-state index contributed by atoms with van der Waals surface area (Å²) in [5.41, 5.74) is 0. The quantitative estimate of drug-likeness (QED) is 0.203. The number of esters is 7. The summed E-state index contributed by atoms with van der Waals surface area (Å²) in [5.74, 6) is -6.03. The van der Waals surface area contributed by atoms with Gasteiger partial charge in [-0.1, -0.05) is 0 Å². The summed E-state index contributed by atoms with van der Waals surface area (Å²) in [7, 11) is 0. The summed E-state index contributed by atoms with van der Waals surface area (Å²) < 4.78 is 54.1. The van der Waals surface area contributed by atoms with Crippen molar-refractivity contribution < 1.29 is 86.0 Å². The average Bonchev–Trinajstić information content (AvgIpc) is 2.87. The summed E-state index contributed by atoms with van der Waals surface area (Å²) in [6.45, 7) is 6.11. The fourth-order valence-electron chi connectivity index (χ4n) is 4.49. The maximum Gasteiger partial charge on any atom is 0.303 e. The number of hydrogen-bond acceptors (Lipinski definition) is 18. The Morgan fingerprint density at radius 2 is 0.841 bits per heavy atom. The molecule has 0 aromatic rings. The zero-order valence-corrected chi connectivity index (χ0v) is 25.1. The van der Waals surface area contributed by atoms with Crippen LogP contribution in [0.25, 0.3) is 0 Å². The molecule has 0 amide bonds. The van der Waals surface area contributed by atoms with Gasteiger partial charge in [-0.25, -0.2) is 0 Å². The summed E-state index contributed by atoms with van der Waals surface area (Å²) in [4.78, 5) is 83.5. The van der Waals surface area contributed by atoms with E-state index in [1.54, 1.807) is 0 Å². The van der Waals surface area contributed by atoms with E-state index in [0.717, 1.165) is 48.5 Å². The normalized spacial score (nSPS) is 31.5. The van der Waals surface area contributed by atoms with Gasteiger partial charge in [-0.15, -0.1) is 0 Å². The molecule has 2 saturated heterocycles. The molecule has 0 unspecified atom stereocenters. The summed E-state index contributed by atoms with van der Waals surface area (Å²) >= 11 is 0. The standard InChI is InChI=1S/C26H36O18/c1-10(27)35-8-17-20(21(38-13(4)30)23(25(34)42-17)40-15(6)32)44-26-24(41-16(7)33)22(39-14(5)31)19(37-12(3)29)18(43-26)9-36-11(2)28/h17-26,34H,8-9H2,1-7H3/t17-,18-,19+,20+,21+,22+,23+,24+,25+,26-/m0/s1. The van der Waals surface area contributed by atoms with Crippen molar-refractivity contribution in [3.05, 3.63) is 0 Å². The van der Waals surface area contributed by atoms with Crippen molar-refractivity contribution >= 4 is 41.8 Å². The van der Waals surface area contributed by atoms with E-state index in [1.807, 2.05) is 0 Å². The Kier molecular flexibility index (Phi) is 13.4. The molecule has 0 radical (unpaired) electrons. The number of carbonyl (C=O) groups is 7. The second kappa shape index (κ2) is 16.3. The van der Waals surface area contributed by atoms with Crippen molar-refractivity contribution in [3.8, 4) is 0 Å². The van der Waals surface area contributed by atoms with E-state index < -0.39 is 116 Å². The monoisotopic (exact) mass is 636 g/mol. The fourth-order valence-corrected chi connectivity index (χ4v) is 4.49. The maximum absolute atomic E-state index is 12.2. The van der Waals surface area contributed by atoms with E-state index in [-0.39, 0.29) is 0 Å². The first-order valence-corrected chi connectivity index (χ1v) is 13.3. The van der Waals surface area contributed by atoms with E-state index in [4.69, 9.17) is 47.4 Å². The summed E-state index contributed by atoms with van der Waals surface area (Å²) in [6, 6.07) is 0. The Morgan fingerprint density at radius 3 is 1.27 bits per heavy atom. The topological polar surface area (TPSA) is 232 Å². The minimum absolute atomic E-state index is 0.572. The first kappa shape index (κ1) is 36.3. The van der Waals surface area contributed by atoms with E-state index >= 15 is 0 Å². The van der Waals surface area contributed by atoms with Crippen LogP contribution in [-0.2, 0) is 80.9 Å². The van der Waals surface area contributed by atoms with Crippen molar-refractivity contribution in [2.24, 2.45) is 0 Å². The van der Waals surface area contributed by atoms with Crippen LogP contribution in [0.4, 0.5) is 0 Å². The first-order chi connectivity index (χ1) is 20.5. The maximum atomic E-state index is 12.2. The molecule has 0 aromatic carbocycles. The van der Waals surface area contributed by atoms with Crippen LogP contribution in [0.3, 0.4) is 0 Å². The van der Waals surface area contributed by atoms with E-state index in [0.29, 0.717) is 0 Å². The molecule has 2 aliphatic rings. The lowest BCUT2D eigenvalue weighted by molar-refractivity contribution is -0.357. The third-order valence-corrected chi connectivity index (χ3v) is 5.90. The molecule has 2 rings (SSSR count). The Labute approximate surface area is 251 Å². The Bertz CT molecular complexity index is 1090. The molecule has 1 N–H and O–H groups in total. The van der Waals surface area contributed by atoms with Gasteiger partial charge in [0.05, 0.1) is 0 Å². The fraction of sp³-hybridized carbons (Fsp3) is 0.731. The van der Waals surface area contributed by atoms with Gasteiger partial charge in [0.25, 0.3) is 0 Å². The largest absolute Gasteiger partial charge is 0.463 e. The van der Waals surface area contributed by atoms with Crippen molar-refractivity contribution in [3.63, 3.8) is 0 Å². The molecule has 2 fully saturated rings. The molecule has 44 heavy (non-hydrogen) atoms. The van der Waals surface area contributed by atoms with Crippen LogP contribution in [0.2, 0.25) is 0 Å². The average molecular weight is 637 g/mol. The highest BCUT2D eigenvalue weighted by Crippen LogP contribution is 2.34. The molecule has 248 valence electrons. The molecular weight excluding hydrogens is 600 g/mol. The first-order valence-electron chi connectivity index (χ1n) is 13.3. The lowest BCUT2D eigenvalue weighted by Crippen LogP contribution is -2.67. The summed E-state index contributed by atoms with van der Waals surface area (Å²) in [6.07, 6.45) is -16.3. The van der Waals surface area contributed by atoms with Crippen molar-refractivity contribution in [2.45, 2.75) is 110 Å². The van der Waals surface area contributed by atoms with Gasteiger partial charge >= 0.3 is 41.8 Å². The van der Waals surface area contributed by atoms with Gasteiger partial charge in [0, 0.05) is 48.5 Å². The molecule has 2 heterocycles. The minimum Gasteiger partial charge on any atom is -0.463 e. The molecule has 0 aromatic heterocycles. The van der Waals surface area contributed by atoms with Gasteiger partial charge in [0.2, 0.25) is 0 Å². The second-order valence-corrected chi connectivity index (χ2v) is 9.68. The highest BCUT2D eigenvalue weighted by Gasteiger charge is 2.57. The van der Waals surface area contributed by atoms with E-state index in [9.17, 15) is 38.7 Å². The van der Waals surface area contributed by atoms with Crippen LogP contribution in [0.1, 0.15) is 48.5 Å². The molecule has 0 bridgehead atoms. The van der Waals surface area contributed by atoms with Crippen LogP contribution < -0.4 is 0 Å². The van der Waals surface area contributed by atoms with Crippen molar-refractivity contribution in [2.75, 3.05) is 13.2 Å². The molecule has 0 spiro atoms. The number of aliphatic hydroxyl groups is 1. The minimum atomic E-state index is -1.90. The highest BCUT2D eigenvalue weighted by atomic mass is 16.8. The van der Waals surface area contributed by atoms with Gasteiger partial charge < -0.3 is 52.5 Å². The predicted molar refractivity (Wildman–Crippen MR) is 135 cm³/mol. The van der Waals surface area contributed by atoms with Crippen LogP contribution in [-0.4, -0.2) is 122 Å². The van der Waals surface area contributed by atoms with Gasteiger partial charge in [0.15, 0.2) is 43.1 Å². The molecule has 0 saturated carbocycles. The molecule has 0 aliphatic carbocycles. The number of hydrogen-bond donors (Lipinski definition) is 1. The number of ether oxygens (including phenoxy) is 10. The van der Waals surface area contributed by atoms with Crippen LogP contribution in [0.5, 0.6) is 0 Å². The third-order valence-electron chi connectivity index (χ3n) is 5.90. The predicted octanol–water partition coefficient (Wildman–Crippen LogP) is -1.40. The molecular formula is C26H36O18. The SMILES string of the molecule is CC(=O)OC[C@@H]1O[C@@H](O)[C@H](OC(C)=O)[C@H](OC(C)=O)[C@@H]1O[C@@H]1O[C@@H](COC(C)=O)[C@@H](OC(C)=O)[C@@H](OC(C)=O)[C@H]1OC(C)=O.